The number of likely N-dealkylation sites (N-methyl/N-ethyl adjacent to an activating group) is 1. The van der Waals surface area contributed by atoms with Crippen LogP contribution >= 0.6 is 0 Å². The lowest BCUT2D eigenvalue weighted by atomic mass is 10.1. The van der Waals surface area contributed by atoms with Crippen LogP contribution in [-0.4, -0.2) is 39.6 Å². The third-order valence-corrected chi connectivity index (χ3v) is 4.40. The second-order valence-electron chi connectivity index (χ2n) is 5.38. The molecule has 6 heteroatoms. The van der Waals surface area contributed by atoms with Gasteiger partial charge >= 0.3 is 0 Å². The van der Waals surface area contributed by atoms with E-state index in [0.717, 1.165) is 11.8 Å². The highest BCUT2D eigenvalue weighted by Crippen LogP contribution is 2.24. The minimum atomic E-state index is -3.26. The molecule has 0 fully saturated rings. The summed E-state index contributed by atoms with van der Waals surface area (Å²) in [5.41, 5.74) is 0.735. The molecule has 5 nitrogen and oxygen atoms in total. The first kappa shape index (κ1) is 17.0. The van der Waals surface area contributed by atoms with Crippen LogP contribution in [0.2, 0.25) is 0 Å². The molecule has 0 saturated carbocycles. The Bertz CT molecular complexity index is 768. The maximum atomic E-state index is 12.4. The summed E-state index contributed by atoms with van der Waals surface area (Å²) in [7, 11) is 0.0615. The lowest BCUT2D eigenvalue weighted by molar-refractivity contribution is -0.136. The first-order chi connectivity index (χ1) is 10.8. The van der Waals surface area contributed by atoms with Gasteiger partial charge in [0.05, 0.1) is 4.90 Å². The molecule has 1 unspecified atom stereocenters. The Morgan fingerprint density at radius 1 is 1.00 bits per heavy atom. The van der Waals surface area contributed by atoms with Gasteiger partial charge in [0.1, 0.15) is 5.75 Å². The van der Waals surface area contributed by atoms with Crippen molar-refractivity contribution in [1.29, 1.82) is 0 Å². The summed E-state index contributed by atoms with van der Waals surface area (Å²) in [6.07, 6.45) is 0.362. The van der Waals surface area contributed by atoms with Gasteiger partial charge in [-0.15, -0.1) is 0 Å². The summed E-state index contributed by atoms with van der Waals surface area (Å²) in [4.78, 5) is 14.0. The average Bonchev–Trinajstić information content (AvgIpc) is 2.52. The van der Waals surface area contributed by atoms with Gasteiger partial charge in [-0.2, -0.15) is 0 Å². The van der Waals surface area contributed by atoms with Gasteiger partial charge in [-0.1, -0.05) is 30.3 Å². The van der Waals surface area contributed by atoms with Crippen LogP contribution in [0.1, 0.15) is 11.7 Å². The molecule has 0 aliphatic heterocycles. The molecule has 0 aromatic heterocycles. The van der Waals surface area contributed by atoms with E-state index in [9.17, 15) is 13.2 Å². The minimum absolute atomic E-state index is 0.191. The molecule has 0 saturated heterocycles. The van der Waals surface area contributed by atoms with Crippen LogP contribution in [0.15, 0.2) is 59.5 Å². The molecule has 0 bridgehead atoms. The molecule has 0 radical (unpaired) electrons. The highest BCUT2D eigenvalue weighted by atomic mass is 32.2. The predicted molar refractivity (Wildman–Crippen MR) is 88.1 cm³/mol. The van der Waals surface area contributed by atoms with E-state index >= 15 is 0 Å². The molecular formula is C17H19NO4S. The third kappa shape index (κ3) is 4.32. The van der Waals surface area contributed by atoms with Gasteiger partial charge in [-0.3, -0.25) is 4.79 Å². The van der Waals surface area contributed by atoms with Gasteiger partial charge in [0.25, 0.3) is 5.91 Å². The van der Waals surface area contributed by atoms with E-state index in [1.54, 1.807) is 26.2 Å². The zero-order valence-corrected chi connectivity index (χ0v) is 14.1. The van der Waals surface area contributed by atoms with Gasteiger partial charge in [0, 0.05) is 25.9 Å². The molecule has 1 atom stereocenters. The SMILES string of the molecule is CN(C)C(=O)C(Oc1ccc(S(C)(=O)=O)cc1)c1ccccc1. The normalized spacial score (nSPS) is 12.5. The highest BCUT2D eigenvalue weighted by molar-refractivity contribution is 7.90. The summed E-state index contributed by atoms with van der Waals surface area (Å²) < 4.78 is 28.8. The molecule has 122 valence electrons. The van der Waals surface area contributed by atoms with Crippen molar-refractivity contribution in [3.05, 3.63) is 60.2 Å². The first-order valence-electron chi connectivity index (χ1n) is 7.02. The van der Waals surface area contributed by atoms with Crippen molar-refractivity contribution in [3.63, 3.8) is 0 Å². The molecule has 2 rings (SSSR count). The molecule has 2 aromatic rings. The van der Waals surface area contributed by atoms with Crippen molar-refractivity contribution in [1.82, 2.24) is 4.90 Å². The van der Waals surface area contributed by atoms with Gasteiger partial charge in [0.2, 0.25) is 6.10 Å². The molecule has 0 spiro atoms. The lowest BCUT2D eigenvalue weighted by Crippen LogP contribution is -2.31. The Hall–Kier alpha value is -2.34. The molecule has 2 aromatic carbocycles. The van der Waals surface area contributed by atoms with Crippen LogP contribution in [-0.2, 0) is 14.6 Å². The van der Waals surface area contributed by atoms with Crippen molar-refractivity contribution in [2.75, 3.05) is 20.4 Å². The van der Waals surface area contributed by atoms with Crippen molar-refractivity contribution in [3.8, 4) is 5.75 Å². The number of hydrogen-bond donors (Lipinski definition) is 0. The molecule has 0 N–H and O–H groups in total. The fourth-order valence-electron chi connectivity index (χ4n) is 2.02. The number of sulfone groups is 1. The predicted octanol–water partition coefficient (Wildman–Crippen LogP) is 2.30. The quantitative estimate of drug-likeness (QED) is 0.842. The van der Waals surface area contributed by atoms with Gasteiger partial charge in [-0.05, 0) is 24.3 Å². The Labute approximate surface area is 136 Å². The number of hydrogen-bond acceptors (Lipinski definition) is 4. The molecule has 1 amide bonds. The summed E-state index contributed by atoms with van der Waals surface area (Å²) >= 11 is 0. The molecule has 0 heterocycles. The molecule has 0 aliphatic carbocycles. The van der Waals surface area contributed by atoms with Gasteiger partial charge in [-0.25, -0.2) is 8.42 Å². The van der Waals surface area contributed by atoms with E-state index in [4.69, 9.17) is 4.74 Å². The van der Waals surface area contributed by atoms with Crippen molar-refractivity contribution >= 4 is 15.7 Å². The number of carbonyl (C=O) groups excluding carboxylic acids is 1. The summed E-state index contributed by atoms with van der Waals surface area (Å²) in [5.74, 6) is 0.241. The Morgan fingerprint density at radius 3 is 2.04 bits per heavy atom. The van der Waals surface area contributed by atoms with Crippen LogP contribution in [0.25, 0.3) is 0 Å². The van der Waals surface area contributed by atoms with Gasteiger partial charge < -0.3 is 9.64 Å². The standard InChI is InChI=1S/C17H19NO4S/c1-18(2)17(19)16(13-7-5-4-6-8-13)22-14-9-11-15(12-10-14)23(3,20)21/h4-12,16H,1-3H3. The maximum absolute atomic E-state index is 12.4. The second-order valence-corrected chi connectivity index (χ2v) is 7.40. The van der Waals surface area contributed by atoms with E-state index in [1.807, 2.05) is 30.3 Å². The van der Waals surface area contributed by atoms with Crippen molar-refractivity contribution < 1.29 is 17.9 Å². The lowest BCUT2D eigenvalue weighted by Gasteiger charge is -2.22. The fraction of sp³-hybridized carbons (Fsp3) is 0.235. The number of ether oxygens (including phenoxy) is 1. The van der Waals surface area contributed by atoms with Crippen molar-refractivity contribution in [2.45, 2.75) is 11.0 Å². The van der Waals surface area contributed by atoms with E-state index in [2.05, 4.69) is 0 Å². The van der Waals surface area contributed by atoms with E-state index in [1.165, 1.54) is 17.0 Å². The zero-order chi connectivity index (χ0) is 17.0. The van der Waals surface area contributed by atoms with Crippen LogP contribution in [0, 0.1) is 0 Å². The van der Waals surface area contributed by atoms with Crippen LogP contribution in [0.3, 0.4) is 0 Å². The van der Waals surface area contributed by atoms with Crippen LogP contribution < -0.4 is 4.74 Å². The van der Waals surface area contributed by atoms with Crippen LogP contribution in [0.5, 0.6) is 5.75 Å². The smallest absolute Gasteiger partial charge is 0.267 e. The number of rotatable bonds is 5. The molecule has 0 aliphatic rings. The number of carbonyl (C=O) groups is 1. The van der Waals surface area contributed by atoms with E-state index in [-0.39, 0.29) is 10.8 Å². The zero-order valence-electron chi connectivity index (χ0n) is 13.3. The number of nitrogens with zero attached hydrogens (tertiary/aromatic N) is 1. The summed E-state index contributed by atoms with van der Waals surface area (Å²) in [6, 6.07) is 15.2. The Balaban J connectivity index is 2.30. The Kier molecular flexibility index (Phi) is 5.05. The average molecular weight is 333 g/mol. The summed E-state index contributed by atoms with van der Waals surface area (Å²) in [5, 5.41) is 0. The molecule has 23 heavy (non-hydrogen) atoms. The number of benzene rings is 2. The van der Waals surface area contributed by atoms with Gasteiger partial charge in [0.15, 0.2) is 9.84 Å². The monoisotopic (exact) mass is 333 g/mol. The topological polar surface area (TPSA) is 63.7 Å². The van der Waals surface area contributed by atoms with Crippen molar-refractivity contribution in [2.24, 2.45) is 0 Å². The largest absolute Gasteiger partial charge is 0.476 e. The fourth-order valence-corrected chi connectivity index (χ4v) is 2.66. The maximum Gasteiger partial charge on any atom is 0.267 e. The first-order valence-corrected chi connectivity index (χ1v) is 8.91. The highest BCUT2D eigenvalue weighted by Gasteiger charge is 2.24. The van der Waals surface area contributed by atoms with E-state index in [0.29, 0.717) is 5.75 Å². The second kappa shape index (κ2) is 6.83. The Morgan fingerprint density at radius 2 is 1.57 bits per heavy atom. The minimum Gasteiger partial charge on any atom is -0.476 e. The third-order valence-electron chi connectivity index (χ3n) is 3.27. The van der Waals surface area contributed by atoms with E-state index < -0.39 is 15.9 Å². The molecular weight excluding hydrogens is 314 g/mol. The van der Waals surface area contributed by atoms with Crippen LogP contribution in [0.4, 0.5) is 0 Å². The summed E-state index contributed by atoms with van der Waals surface area (Å²) in [6.45, 7) is 0. The number of amides is 1.